The number of hydrogen-bond donors (Lipinski definition) is 2. The van der Waals surface area contributed by atoms with Gasteiger partial charge in [-0.15, -0.1) is 0 Å². The minimum absolute atomic E-state index is 0.0677. The molecule has 0 atom stereocenters. The first-order valence-electron chi connectivity index (χ1n) is 10.5. The van der Waals surface area contributed by atoms with Gasteiger partial charge in [-0.3, -0.25) is 9.78 Å². The van der Waals surface area contributed by atoms with E-state index >= 15 is 0 Å². The summed E-state index contributed by atoms with van der Waals surface area (Å²) in [6.07, 6.45) is 9.17. The number of piperidine rings is 1. The molecule has 0 unspecified atom stereocenters. The van der Waals surface area contributed by atoms with Gasteiger partial charge in [-0.1, -0.05) is 26.7 Å². The topological polar surface area (TPSA) is 57.3 Å². The van der Waals surface area contributed by atoms with E-state index in [-0.39, 0.29) is 5.91 Å². The van der Waals surface area contributed by atoms with E-state index < -0.39 is 0 Å². The molecule has 2 aromatic rings. The van der Waals surface area contributed by atoms with Crippen molar-refractivity contribution in [3.05, 3.63) is 48.3 Å². The Kier molecular flexibility index (Phi) is 7.29. The first-order chi connectivity index (χ1) is 13.7. The number of anilines is 3. The zero-order valence-electron chi connectivity index (χ0n) is 17.1. The van der Waals surface area contributed by atoms with Crippen molar-refractivity contribution in [2.24, 2.45) is 5.92 Å². The Bertz CT molecular complexity index is 751. The van der Waals surface area contributed by atoms with Crippen LogP contribution >= 0.6 is 0 Å². The van der Waals surface area contributed by atoms with Gasteiger partial charge < -0.3 is 15.5 Å². The van der Waals surface area contributed by atoms with Crippen molar-refractivity contribution in [3.8, 4) is 0 Å². The first-order valence-corrected chi connectivity index (χ1v) is 10.5. The third-order valence-electron chi connectivity index (χ3n) is 5.37. The van der Waals surface area contributed by atoms with E-state index in [0.29, 0.717) is 12.1 Å². The summed E-state index contributed by atoms with van der Waals surface area (Å²) in [6, 6.07) is 10.4. The molecule has 0 radical (unpaired) electrons. The molecule has 5 nitrogen and oxygen atoms in total. The Morgan fingerprint density at radius 3 is 2.57 bits per heavy atom. The van der Waals surface area contributed by atoms with Crippen molar-refractivity contribution < 1.29 is 4.79 Å². The van der Waals surface area contributed by atoms with E-state index in [0.717, 1.165) is 49.6 Å². The standard InChI is InChI=1S/C23H32N4O/c1-3-4-5-12-25-23(28)19-15-21(17-24-16-19)26-20-6-8-22(9-7-20)27-13-10-18(2)11-14-27/h6-9,15-18,26H,3-5,10-14H2,1-2H3,(H,25,28). The highest BCUT2D eigenvalue weighted by atomic mass is 16.1. The monoisotopic (exact) mass is 380 g/mol. The van der Waals surface area contributed by atoms with Crippen LogP contribution in [0.5, 0.6) is 0 Å². The molecule has 1 aromatic carbocycles. The third-order valence-corrected chi connectivity index (χ3v) is 5.37. The van der Waals surface area contributed by atoms with E-state index in [9.17, 15) is 4.79 Å². The maximum absolute atomic E-state index is 12.3. The van der Waals surface area contributed by atoms with Crippen LogP contribution in [0.4, 0.5) is 17.1 Å². The van der Waals surface area contributed by atoms with Gasteiger partial charge in [0.05, 0.1) is 17.4 Å². The zero-order chi connectivity index (χ0) is 19.8. The van der Waals surface area contributed by atoms with E-state index in [4.69, 9.17) is 0 Å². The molecule has 0 aliphatic carbocycles. The largest absolute Gasteiger partial charge is 0.372 e. The van der Waals surface area contributed by atoms with Crippen LogP contribution in [0.2, 0.25) is 0 Å². The molecule has 0 saturated carbocycles. The highest BCUT2D eigenvalue weighted by Crippen LogP contribution is 2.25. The van der Waals surface area contributed by atoms with Gasteiger partial charge in [-0.05, 0) is 55.5 Å². The molecule has 1 aromatic heterocycles. The van der Waals surface area contributed by atoms with Gasteiger partial charge in [-0.2, -0.15) is 0 Å². The summed E-state index contributed by atoms with van der Waals surface area (Å²) in [7, 11) is 0. The van der Waals surface area contributed by atoms with Gasteiger partial charge in [-0.25, -0.2) is 0 Å². The fourth-order valence-corrected chi connectivity index (χ4v) is 3.50. The summed E-state index contributed by atoms with van der Waals surface area (Å²) in [5, 5.41) is 6.31. The summed E-state index contributed by atoms with van der Waals surface area (Å²) in [5.41, 5.74) is 3.67. The predicted molar refractivity (Wildman–Crippen MR) is 116 cm³/mol. The van der Waals surface area contributed by atoms with Crippen molar-refractivity contribution >= 4 is 23.0 Å². The maximum atomic E-state index is 12.3. The quantitative estimate of drug-likeness (QED) is 0.634. The molecular formula is C23H32N4O. The first kappa shape index (κ1) is 20.2. The molecule has 2 N–H and O–H groups in total. The van der Waals surface area contributed by atoms with E-state index in [1.807, 2.05) is 6.07 Å². The molecule has 1 aliphatic rings. The number of pyridine rings is 1. The smallest absolute Gasteiger partial charge is 0.252 e. The van der Waals surface area contributed by atoms with E-state index in [2.05, 4.69) is 58.6 Å². The molecule has 1 fully saturated rings. The molecule has 28 heavy (non-hydrogen) atoms. The number of carbonyl (C=O) groups excluding carboxylic acids is 1. The second-order valence-corrected chi connectivity index (χ2v) is 7.77. The van der Waals surface area contributed by atoms with Gasteiger partial charge in [0.15, 0.2) is 0 Å². The fraction of sp³-hybridized carbons (Fsp3) is 0.478. The second kappa shape index (κ2) is 10.1. The Morgan fingerprint density at radius 1 is 1.11 bits per heavy atom. The molecule has 3 rings (SSSR count). The molecule has 5 heteroatoms. The number of nitrogens with one attached hydrogen (secondary N) is 2. The molecule has 2 heterocycles. The predicted octanol–water partition coefficient (Wildman–Crippen LogP) is 4.98. The summed E-state index contributed by atoms with van der Waals surface area (Å²) >= 11 is 0. The summed E-state index contributed by atoms with van der Waals surface area (Å²) in [6.45, 7) is 7.46. The van der Waals surface area contributed by atoms with Gasteiger partial charge >= 0.3 is 0 Å². The van der Waals surface area contributed by atoms with Crippen LogP contribution in [0, 0.1) is 5.92 Å². The Hall–Kier alpha value is -2.56. The van der Waals surface area contributed by atoms with Gasteiger partial charge in [0, 0.05) is 37.2 Å². The maximum Gasteiger partial charge on any atom is 0.252 e. The molecule has 150 valence electrons. The Labute approximate surface area is 168 Å². The van der Waals surface area contributed by atoms with Gasteiger partial charge in [0.25, 0.3) is 5.91 Å². The second-order valence-electron chi connectivity index (χ2n) is 7.77. The highest BCUT2D eigenvalue weighted by molar-refractivity contribution is 5.94. The summed E-state index contributed by atoms with van der Waals surface area (Å²) < 4.78 is 0. The molecule has 1 amide bonds. The van der Waals surface area contributed by atoms with Gasteiger partial charge in [0.1, 0.15) is 0 Å². The van der Waals surface area contributed by atoms with Crippen molar-refractivity contribution in [1.82, 2.24) is 10.3 Å². The number of amides is 1. The molecular weight excluding hydrogens is 348 g/mol. The number of nitrogens with zero attached hydrogens (tertiary/aromatic N) is 2. The number of aromatic nitrogens is 1. The molecule has 0 bridgehead atoms. The minimum Gasteiger partial charge on any atom is -0.372 e. The minimum atomic E-state index is -0.0677. The van der Waals surface area contributed by atoms with E-state index in [1.165, 1.54) is 18.5 Å². The average molecular weight is 381 g/mol. The third kappa shape index (κ3) is 5.72. The number of benzene rings is 1. The van der Waals surface area contributed by atoms with Crippen LogP contribution < -0.4 is 15.5 Å². The van der Waals surface area contributed by atoms with Crippen LogP contribution in [0.15, 0.2) is 42.7 Å². The van der Waals surface area contributed by atoms with Crippen LogP contribution in [0.25, 0.3) is 0 Å². The average Bonchev–Trinajstić information content (AvgIpc) is 2.72. The lowest BCUT2D eigenvalue weighted by Gasteiger charge is -2.32. The van der Waals surface area contributed by atoms with Gasteiger partial charge in [0.2, 0.25) is 0 Å². The van der Waals surface area contributed by atoms with Crippen LogP contribution in [-0.4, -0.2) is 30.5 Å². The number of unbranched alkanes of at least 4 members (excludes halogenated alkanes) is 2. The zero-order valence-corrected chi connectivity index (χ0v) is 17.1. The number of rotatable bonds is 8. The summed E-state index contributed by atoms with van der Waals surface area (Å²) in [4.78, 5) is 18.9. The lowest BCUT2D eigenvalue weighted by Crippen LogP contribution is -2.32. The molecule has 1 saturated heterocycles. The van der Waals surface area contributed by atoms with Crippen LogP contribution in [0.1, 0.15) is 56.3 Å². The normalized spacial score (nSPS) is 14.7. The van der Waals surface area contributed by atoms with Crippen LogP contribution in [-0.2, 0) is 0 Å². The van der Waals surface area contributed by atoms with Crippen molar-refractivity contribution in [2.75, 3.05) is 29.9 Å². The Morgan fingerprint density at radius 2 is 1.86 bits per heavy atom. The highest BCUT2D eigenvalue weighted by Gasteiger charge is 2.15. The van der Waals surface area contributed by atoms with Crippen molar-refractivity contribution in [3.63, 3.8) is 0 Å². The van der Waals surface area contributed by atoms with Crippen LogP contribution in [0.3, 0.4) is 0 Å². The fourth-order valence-electron chi connectivity index (χ4n) is 3.50. The van der Waals surface area contributed by atoms with Crippen molar-refractivity contribution in [1.29, 1.82) is 0 Å². The van der Waals surface area contributed by atoms with Crippen molar-refractivity contribution in [2.45, 2.75) is 46.0 Å². The summed E-state index contributed by atoms with van der Waals surface area (Å²) in [5.74, 6) is 0.766. The number of hydrogen-bond acceptors (Lipinski definition) is 4. The Balaban J connectivity index is 1.57. The lowest BCUT2D eigenvalue weighted by atomic mass is 9.99. The SMILES string of the molecule is CCCCCNC(=O)c1cncc(Nc2ccc(N3CCC(C)CC3)cc2)c1. The lowest BCUT2D eigenvalue weighted by molar-refractivity contribution is 0.0952. The number of carbonyl (C=O) groups is 1. The molecule has 0 spiro atoms. The van der Waals surface area contributed by atoms with E-state index in [1.54, 1.807) is 12.4 Å². The molecule has 1 aliphatic heterocycles.